The number of carbonyl (C=O) groups excluding carboxylic acids is 1. The van der Waals surface area contributed by atoms with Crippen LogP contribution in [0.5, 0.6) is 0 Å². The maximum atomic E-state index is 13.0. The van der Waals surface area contributed by atoms with Crippen LogP contribution >= 0.6 is 22.9 Å². The van der Waals surface area contributed by atoms with E-state index < -0.39 is 0 Å². The molecule has 2 aliphatic carbocycles. The van der Waals surface area contributed by atoms with E-state index in [1.165, 1.54) is 16.9 Å². The van der Waals surface area contributed by atoms with E-state index in [0.717, 1.165) is 65.4 Å². The minimum Gasteiger partial charge on any atom is -0.340 e. The second kappa shape index (κ2) is 8.53. The number of benzene rings is 1. The van der Waals surface area contributed by atoms with Crippen LogP contribution in [-0.4, -0.2) is 51.9 Å². The summed E-state index contributed by atoms with van der Waals surface area (Å²) in [7, 11) is 0. The van der Waals surface area contributed by atoms with Gasteiger partial charge in [-0.15, -0.1) is 11.3 Å². The van der Waals surface area contributed by atoms with Gasteiger partial charge < -0.3 is 9.88 Å². The molecule has 2 unspecified atom stereocenters. The number of rotatable bonds is 4. The molecule has 1 saturated heterocycles. The summed E-state index contributed by atoms with van der Waals surface area (Å²) in [6.45, 7) is 3.62. The summed E-state index contributed by atoms with van der Waals surface area (Å²) in [6, 6.07) is 7.85. The van der Waals surface area contributed by atoms with Crippen molar-refractivity contribution in [2.45, 2.75) is 44.6 Å². The Morgan fingerprint density at radius 1 is 1.15 bits per heavy atom. The van der Waals surface area contributed by atoms with Crippen LogP contribution in [0.1, 0.15) is 47.0 Å². The number of aryl methyl sites for hydroxylation is 2. The molecule has 6 rings (SSSR count). The monoisotopic (exact) mass is 482 g/mol. The topological polar surface area (TPSA) is 69.3 Å². The van der Waals surface area contributed by atoms with Crippen molar-refractivity contribution in [3.05, 3.63) is 61.5 Å². The number of nitrogens with zero attached hydrogens (tertiary/aromatic N) is 3. The summed E-state index contributed by atoms with van der Waals surface area (Å²) >= 11 is 8.02. The summed E-state index contributed by atoms with van der Waals surface area (Å²) < 4.78 is 0. The molecule has 1 N–H and O–H groups in total. The van der Waals surface area contributed by atoms with Gasteiger partial charge in [-0.25, -0.2) is 4.98 Å². The first-order valence-corrected chi connectivity index (χ1v) is 13.1. The molecule has 2 aromatic heterocycles. The van der Waals surface area contributed by atoms with Crippen LogP contribution in [-0.2, 0) is 24.2 Å². The van der Waals surface area contributed by atoms with Gasteiger partial charge in [-0.1, -0.05) is 29.8 Å². The second-order valence-corrected chi connectivity index (χ2v) is 11.0. The molecule has 172 valence electrons. The van der Waals surface area contributed by atoms with Crippen LogP contribution in [0, 0.1) is 5.92 Å². The minimum absolute atomic E-state index is 0.00237. The van der Waals surface area contributed by atoms with Gasteiger partial charge >= 0.3 is 0 Å². The molecule has 0 radical (unpaired) electrons. The molecule has 0 spiro atoms. The predicted octanol–water partition coefficient (Wildman–Crippen LogP) is 3.96. The third-order valence-corrected chi connectivity index (χ3v) is 8.87. The fraction of sp³-hybridized carbons (Fsp3) is 0.480. The highest BCUT2D eigenvalue weighted by molar-refractivity contribution is 7.18. The van der Waals surface area contributed by atoms with E-state index in [0.29, 0.717) is 19.6 Å². The number of hydrogen-bond acceptors (Lipinski definition) is 5. The number of thiophene rings is 1. The molecular formula is C25H27ClN4O2S. The number of aromatic amines is 1. The molecule has 6 nitrogen and oxygen atoms in total. The van der Waals surface area contributed by atoms with Crippen molar-refractivity contribution in [2.75, 3.05) is 26.2 Å². The Labute approximate surface area is 201 Å². The Balaban J connectivity index is 1.08. The summed E-state index contributed by atoms with van der Waals surface area (Å²) in [5.74, 6) is 1.28. The number of fused-ring (bicyclic) bond motifs is 3. The Kier molecular flexibility index (Phi) is 5.51. The predicted molar refractivity (Wildman–Crippen MR) is 131 cm³/mol. The summed E-state index contributed by atoms with van der Waals surface area (Å²) in [5.41, 5.74) is 2.32. The van der Waals surface area contributed by atoms with Crippen molar-refractivity contribution in [1.82, 2.24) is 19.8 Å². The van der Waals surface area contributed by atoms with Crippen molar-refractivity contribution in [3.63, 3.8) is 0 Å². The molecule has 2 fully saturated rings. The minimum atomic E-state index is 0.00237. The van der Waals surface area contributed by atoms with Gasteiger partial charge in [0, 0.05) is 42.0 Å². The van der Waals surface area contributed by atoms with Gasteiger partial charge in [0.2, 0.25) is 5.91 Å². The lowest BCUT2D eigenvalue weighted by Gasteiger charge is -2.34. The van der Waals surface area contributed by atoms with Crippen LogP contribution in [0.25, 0.3) is 10.2 Å². The van der Waals surface area contributed by atoms with Crippen LogP contribution in [0.3, 0.4) is 0 Å². The SMILES string of the molecule is O=C(C1CC1c1ccccc1Cl)N1CCN(Cc2nc3sc4c(c3c(=O)[nH]2)CCCC4)CC1. The maximum Gasteiger partial charge on any atom is 0.259 e. The third-order valence-electron chi connectivity index (χ3n) is 7.34. The molecule has 33 heavy (non-hydrogen) atoms. The van der Waals surface area contributed by atoms with Crippen molar-refractivity contribution < 1.29 is 4.79 Å². The van der Waals surface area contributed by atoms with E-state index in [1.54, 1.807) is 11.3 Å². The van der Waals surface area contributed by atoms with E-state index in [-0.39, 0.29) is 23.3 Å². The quantitative estimate of drug-likeness (QED) is 0.611. The van der Waals surface area contributed by atoms with E-state index in [4.69, 9.17) is 16.6 Å². The summed E-state index contributed by atoms with van der Waals surface area (Å²) in [4.78, 5) is 40.1. The second-order valence-electron chi connectivity index (χ2n) is 9.48. The smallest absolute Gasteiger partial charge is 0.259 e. The van der Waals surface area contributed by atoms with Crippen molar-refractivity contribution >= 4 is 39.1 Å². The summed E-state index contributed by atoms with van der Waals surface area (Å²) in [6.07, 6.45) is 5.31. The first-order valence-electron chi connectivity index (χ1n) is 11.9. The number of hydrogen-bond donors (Lipinski definition) is 1. The van der Waals surface area contributed by atoms with E-state index >= 15 is 0 Å². The van der Waals surface area contributed by atoms with Crippen molar-refractivity contribution in [3.8, 4) is 0 Å². The van der Waals surface area contributed by atoms with Gasteiger partial charge in [0.15, 0.2) is 0 Å². The van der Waals surface area contributed by atoms with Gasteiger partial charge in [-0.05, 0) is 55.2 Å². The lowest BCUT2D eigenvalue weighted by molar-refractivity contribution is -0.134. The van der Waals surface area contributed by atoms with Gasteiger partial charge in [0.05, 0.1) is 11.9 Å². The van der Waals surface area contributed by atoms with E-state index in [2.05, 4.69) is 9.88 Å². The van der Waals surface area contributed by atoms with Crippen LogP contribution in [0.4, 0.5) is 0 Å². The van der Waals surface area contributed by atoms with Gasteiger partial charge in [-0.2, -0.15) is 0 Å². The van der Waals surface area contributed by atoms with E-state index in [1.807, 2.05) is 29.2 Å². The largest absolute Gasteiger partial charge is 0.340 e. The first kappa shape index (κ1) is 21.3. The highest BCUT2D eigenvalue weighted by Gasteiger charge is 2.46. The fourth-order valence-corrected chi connectivity index (χ4v) is 7.00. The molecule has 8 heteroatoms. The zero-order valence-electron chi connectivity index (χ0n) is 18.5. The molecule has 1 aliphatic heterocycles. The molecule has 0 bridgehead atoms. The van der Waals surface area contributed by atoms with Crippen LogP contribution in [0.2, 0.25) is 5.02 Å². The lowest BCUT2D eigenvalue weighted by atomic mass is 9.97. The average Bonchev–Trinajstić information content (AvgIpc) is 3.52. The van der Waals surface area contributed by atoms with E-state index in [9.17, 15) is 9.59 Å². The Bertz CT molecular complexity index is 1280. The van der Waals surface area contributed by atoms with Gasteiger partial charge in [0.25, 0.3) is 5.56 Å². The number of halogens is 1. The zero-order valence-corrected chi connectivity index (χ0v) is 20.1. The van der Waals surface area contributed by atoms with Gasteiger partial charge in [0.1, 0.15) is 10.7 Å². The van der Waals surface area contributed by atoms with Gasteiger partial charge in [-0.3, -0.25) is 14.5 Å². The average molecular weight is 483 g/mol. The Morgan fingerprint density at radius 2 is 1.94 bits per heavy atom. The number of aromatic nitrogens is 2. The molecule has 3 aromatic rings. The highest BCUT2D eigenvalue weighted by atomic mass is 35.5. The summed E-state index contributed by atoms with van der Waals surface area (Å²) in [5, 5.41) is 1.57. The number of H-pyrrole nitrogens is 1. The molecule has 1 aromatic carbocycles. The molecule has 1 saturated carbocycles. The number of amides is 1. The standard InChI is InChI=1S/C25H27ClN4O2S/c26-19-7-3-1-5-15(19)17-13-18(17)25(32)30-11-9-29(10-12-30)14-21-27-23(31)22-16-6-2-4-8-20(16)33-24(22)28-21/h1,3,5,7,17-18H,2,4,6,8-14H2,(H,27,28,31). The van der Waals surface area contributed by atoms with Crippen molar-refractivity contribution in [2.24, 2.45) is 5.92 Å². The normalized spacial score (nSPS) is 23.0. The molecule has 3 heterocycles. The lowest BCUT2D eigenvalue weighted by Crippen LogP contribution is -2.49. The Hall–Kier alpha value is -2.22. The number of nitrogens with one attached hydrogen (secondary N) is 1. The molecule has 2 atom stereocenters. The van der Waals surface area contributed by atoms with Crippen LogP contribution in [0.15, 0.2) is 29.1 Å². The maximum absolute atomic E-state index is 13.0. The van der Waals surface area contributed by atoms with Crippen molar-refractivity contribution in [1.29, 1.82) is 0 Å². The molecule has 3 aliphatic rings. The molecular weight excluding hydrogens is 456 g/mol. The third kappa shape index (κ3) is 4.00. The highest BCUT2D eigenvalue weighted by Crippen LogP contribution is 2.50. The fourth-order valence-electron chi connectivity index (χ4n) is 5.44. The first-order chi connectivity index (χ1) is 16.1. The molecule has 1 amide bonds. The Morgan fingerprint density at radius 3 is 2.76 bits per heavy atom. The van der Waals surface area contributed by atoms with Crippen LogP contribution < -0.4 is 5.56 Å². The number of piperazine rings is 1. The zero-order chi connectivity index (χ0) is 22.5. The number of carbonyl (C=O) groups is 1.